The summed E-state index contributed by atoms with van der Waals surface area (Å²) in [6, 6.07) is 20.8. The first-order chi connectivity index (χ1) is 16.0. The van der Waals surface area contributed by atoms with Gasteiger partial charge < -0.3 is 21.7 Å². The summed E-state index contributed by atoms with van der Waals surface area (Å²) >= 11 is 0. The standard InChI is InChI=1S/C27H30N4O2/c1-18-9-11-21(12-10-18)29-26(32)25(8-4-5-15-28)31-27(33)30-22-13-14-24-20(17-22)16-19-6-2-3-7-23(19)24/h2-3,6-7,9-14,17,25H,4-5,8,15-16,28H2,1H3,(H,29,32)(H2,30,31,33)/t25-/m0/s1. The minimum absolute atomic E-state index is 0.240. The van der Waals surface area contributed by atoms with E-state index in [0.717, 1.165) is 24.8 Å². The number of carbonyl (C=O) groups is 2. The van der Waals surface area contributed by atoms with Crippen LogP contribution in [0.4, 0.5) is 16.2 Å². The number of unbranched alkanes of at least 4 members (excludes halogenated alkanes) is 1. The van der Waals surface area contributed by atoms with Crippen LogP contribution in [-0.2, 0) is 11.2 Å². The second-order valence-corrected chi connectivity index (χ2v) is 8.50. The summed E-state index contributed by atoms with van der Waals surface area (Å²) in [4.78, 5) is 25.6. The average molecular weight is 443 g/mol. The van der Waals surface area contributed by atoms with Gasteiger partial charge in [-0.2, -0.15) is 0 Å². The fraction of sp³-hybridized carbons (Fsp3) is 0.259. The van der Waals surface area contributed by atoms with Crippen LogP contribution >= 0.6 is 0 Å². The number of carbonyl (C=O) groups excluding carboxylic acids is 2. The molecule has 0 aliphatic heterocycles. The van der Waals surface area contributed by atoms with Crippen molar-refractivity contribution >= 4 is 23.3 Å². The van der Waals surface area contributed by atoms with Crippen molar-refractivity contribution in [3.8, 4) is 11.1 Å². The number of fused-ring (bicyclic) bond motifs is 3. The van der Waals surface area contributed by atoms with Crippen molar-refractivity contribution in [2.75, 3.05) is 17.2 Å². The van der Waals surface area contributed by atoms with Gasteiger partial charge in [-0.3, -0.25) is 4.79 Å². The molecule has 0 bridgehead atoms. The van der Waals surface area contributed by atoms with E-state index in [0.29, 0.717) is 24.3 Å². The molecule has 6 nitrogen and oxygen atoms in total. The highest BCUT2D eigenvalue weighted by Crippen LogP contribution is 2.37. The highest BCUT2D eigenvalue weighted by atomic mass is 16.2. The van der Waals surface area contributed by atoms with E-state index in [1.807, 2.05) is 61.5 Å². The van der Waals surface area contributed by atoms with Crippen molar-refractivity contribution in [2.45, 2.75) is 38.6 Å². The summed E-state index contributed by atoms with van der Waals surface area (Å²) in [5.74, 6) is -0.240. The highest BCUT2D eigenvalue weighted by molar-refractivity contribution is 5.99. The quantitative estimate of drug-likeness (QED) is 0.295. The van der Waals surface area contributed by atoms with E-state index in [-0.39, 0.29) is 5.91 Å². The molecule has 0 fully saturated rings. The molecule has 6 heteroatoms. The molecule has 3 amide bonds. The van der Waals surface area contributed by atoms with Crippen LogP contribution in [0.5, 0.6) is 0 Å². The monoisotopic (exact) mass is 442 g/mol. The molecule has 0 unspecified atom stereocenters. The van der Waals surface area contributed by atoms with E-state index in [1.165, 1.54) is 22.3 Å². The molecule has 33 heavy (non-hydrogen) atoms. The minimum atomic E-state index is -0.656. The van der Waals surface area contributed by atoms with Gasteiger partial charge in [-0.25, -0.2) is 4.79 Å². The van der Waals surface area contributed by atoms with Gasteiger partial charge in [0.15, 0.2) is 0 Å². The molecule has 0 aromatic heterocycles. The summed E-state index contributed by atoms with van der Waals surface area (Å²) in [5.41, 5.74) is 13.1. The third-order valence-corrected chi connectivity index (χ3v) is 5.94. The first kappa shape index (κ1) is 22.6. The molecule has 3 aromatic carbocycles. The summed E-state index contributed by atoms with van der Waals surface area (Å²) in [7, 11) is 0. The Morgan fingerprint density at radius 2 is 1.61 bits per heavy atom. The minimum Gasteiger partial charge on any atom is -0.330 e. The summed E-state index contributed by atoms with van der Waals surface area (Å²) in [6.07, 6.45) is 2.91. The van der Waals surface area contributed by atoms with Crippen LogP contribution in [-0.4, -0.2) is 24.5 Å². The van der Waals surface area contributed by atoms with Crippen molar-refractivity contribution in [3.63, 3.8) is 0 Å². The maximum Gasteiger partial charge on any atom is 0.319 e. The number of hydrogen-bond donors (Lipinski definition) is 4. The Morgan fingerprint density at radius 3 is 2.39 bits per heavy atom. The van der Waals surface area contributed by atoms with E-state index < -0.39 is 12.1 Å². The predicted molar refractivity (Wildman–Crippen MR) is 133 cm³/mol. The molecule has 5 N–H and O–H groups in total. The van der Waals surface area contributed by atoms with Crippen LogP contribution in [0.15, 0.2) is 66.7 Å². The number of hydrogen-bond acceptors (Lipinski definition) is 3. The summed E-state index contributed by atoms with van der Waals surface area (Å²) in [5, 5.41) is 8.63. The van der Waals surface area contributed by atoms with Crippen molar-refractivity contribution in [1.82, 2.24) is 5.32 Å². The molecule has 1 aliphatic rings. The van der Waals surface area contributed by atoms with Crippen LogP contribution < -0.4 is 21.7 Å². The molecule has 1 aliphatic carbocycles. The first-order valence-electron chi connectivity index (χ1n) is 11.4. The Bertz CT molecular complexity index is 1140. The zero-order valence-electron chi connectivity index (χ0n) is 18.9. The SMILES string of the molecule is Cc1ccc(NC(=O)[C@H](CCCCN)NC(=O)Nc2ccc3c(c2)Cc2ccccc2-3)cc1. The van der Waals surface area contributed by atoms with Crippen LogP contribution in [0.25, 0.3) is 11.1 Å². The molecule has 3 aromatic rings. The largest absolute Gasteiger partial charge is 0.330 e. The van der Waals surface area contributed by atoms with Crippen molar-refractivity contribution in [2.24, 2.45) is 5.73 Å². The van der Waals surface area contributed by atoms with Gasteiger partial charge in [0.2, 0.25) is 5.91 Å². The molecule has 0 heterocycles. The van der Waals surface area contributed by atoms with Crippen molar-refractivity contribution < 1.29 is 9.59 Å². The van der Waals surface area contributed by atoms with Crippen molar-refractivity contribution in [3.05, 3.63) is 83.4 Å². The number of aryl methyl sites for hydroxylation is 1. The fourth-order valence-corrected chi connectivity index (χ4v) is 4.18. The molecule has 4 rings (SSSR count). The Balaban J connectivity index is 1.40. The van der Waals surface area contributed by atoms with Gasteiger partial charge in [0.05, 0.1) is 0 Å². The maximum atomic E-state index is 12.9. The first-order valence-corrected chi connectivity index (χ1v) is 11.4. The van der Waals surface area contributed by atoms with Gasteiger partial charge in [0.1, 0.15) is 6.04 Å². The van der Waals surface area contributed by atoms with E-state index in [1.54, 1.807) is 0 Å². The number of nitrogens with one attached hydrogen (secondary N) is 3. The van der Waals surface area contributed by atoms with E-state index in [2.05, 4.69) is 28.1 Å². The lowest BCUT2D eigenvalue weighted by Gasteiger charge is -2.19. The lowest BCUT2D eigenvalue weighted by Crippen LogP contribution is -2.45. The van der Waals surface area contributed by atoms with E-state index >= 15 is 0 Å². The lowest BCUT2D eigenvalue weighted by atomic mass is 10.1. The van der Waals surface area contributed by atoms with Gasteiger partial charge in [-0.1, -0.05) is 48.0 Å². The number of urea groups is 1. The van der Waals surface area contributed by atoms with E-state index in [9.17, 15) is 9.59 Å². The molecule has 170 valence electrons. The third kappa shape index (κ3) is 5.59. The van der Waals surface area contributed by atoms with Crippen LogP contribution in [0.1, 0.15) is 36.0 Å². The number of nitrogens with two attached hydrogens (primary N) is 1. The number of rotatable bonds is 8. The van der Waals surface area contributed by atoms with Crippen LogP contribution in [0.2, 0.25) is 0 Å². The number of anilines is 2. The maximum absolute atomic E-state index is 12.9. The number of benzene rings is 3. The molecular weight excluding hydrogens is 412 g/mol. The Hall–Kier alpha value is -3.64. The molecule has 0 radical (unpaired) electrons. The van der Waals surface area contributed by atoms with E-state index in [4.69, 9.17) is 5.73 Å². The molecule has 0 saturated heterocycles. The van der Waals surface area contributed by atoms with Gasteiger partial charge in [-0.15, -0.1) is 0 Å². The van der Waals surface area contributed by atoms with Gasteiger partial charge in [0, 0.05) is 11.4 Å². The topological polar surface area (TPSA) is 96.2 Å². The Labute approximate surface area is 194 Å². The normalized spacial score (nSPS) is 12.4. The smallest absolute Gasteiger partial charge is 0.319 e. The Kier molecular flexibility index (Phi) is 7.05. The zero-order chi connectivity index (χ0) is 23.2. The predicted octanol–water partition coefficient (Wildman–Crippen LogP) is 4.82. The molecular formula is C27H30N4O2. The number of amides is 3. The summed E-state index contributed by atoms with van der Waals surface area (Å²) in [6.45, 7) is 2.54. The zero-order valence-corrected chi connectivity index (χ0v) is 18.9. The molecule has 0 saturated carbocycles. The second kappa shape index (κ2) is 10.3. The fourth-order valence-electron chi connectivity index (χ4n) is 4.18. The van der Waals surface area contributed by atoms with Crippen molar-refractivity contribution in [1.29, 1.82) is 0 Å². The molecule has 0 spiro atoms. The summed E-state index contributed by atoms with van der Waals surface area (Å²) < 4.78 is 0. The Morgan fingerprint density at radius 1 is 0.879 bits per heavy atom. The van der Waals surface area contributed by atoms with Gasteiger partial charge in [-0.05, 0) is 85.7 Å². The van der Waals surface area contributed by atoms with Crippen LogP contribution in [0, 0.1) is 6.92 Å². The molecule has 1 atom stereocenters. The third-order valence-electron chi connectivity index (χ3n) is 5.94. The highest BCUT2D eigenvalue weighted by Gasteiger charge is 2.22. The van der Waals surface area contributed by atoms with Gasteiger partial charge in [0.25, 0.3) is 0 Å². The lowest BCUT2D eigenvalue weighted by molar-refractivity contribution is -0.118. The second-order valence-electron chi connectivity index (χ2n) is 8.50. The van der Waals surface area contributed by atoms with Gasteiger partial charge >= 0.3 is 6.03 Å². The van der Waals surface area contributed by atoms with Crippen LogP contribution in [0.3, 0.4) is 0 Å². The average Bonchev–Trinajstić information content (AvgIpc) is 3.17.